The van der Waals surface area contributed by atoms with E-state index >= 15 is 0 Å². The Kier molecular flexibility index (Phi) is 3.13. The minimum absolute atomic E-state index is 0.166. The zero-order chi connectivity index (χ0) is 10.5. The molecular formula is C11H12BNO2. The summed E-state index contributed by atoms with van der Waals surface area (Å²) in [5.41, 5.74) is 0. The van der Waals surface area contributed by atoms with E-state index in [-0.39, 0.29) is 7.12 Å². The third-order valence-electron chi connectivity index (χ3n) is 2.34. The van der Waals surface area contributed by atoms with E-state index in [0.29, 0.717) is 6.42 Å². The third kappa shape index (κ3) is 2.44. The molecule has 1 aromatic carbocycles. The smallest absolute Gasteiger partial charge is 0.523 e. The summed E-state index contributed by atoms with van der Waals surface area (Å²) >= 11 is 0. The van der Waals surface area contributed by atoms with Crippen LogP contribution in [0.5, 0.6) is 11.5 Å². The van der Waals surface area contributed by atoms with Crippen LogP contribution in [-0.4, -0.2) is 7.12 Å². The van der Waals surface area contributed by atoms with Gasteiger partial charge in [0.2, 0.25) is 0 Å². The van der Waals surface area contributed by atoms with Crippen LogP contribution in [0.1, 0.15) is 19.3 Å². The van der Waals surface area contributed by atoms with Gasteiger partial charge in [0.1, 0.15) is 11.5 Å². The highest BCUT2D eigenvalue weighted by atomic mass is 16.6. The van der Waals surface area contributed by atoms with Crippen molar-refractivity contribution in [1.29, 1.82) is 5.26 Å². The van der Waals surface area contributed by atoms with Crippen molar-refractivity contribution < 1.29 is 9.31 Å². The first-order valence-electron chi connectivity index (χ1n) is 5.19. The van der Waals surface area contributed by atoms with E-state index in [1.165, 1.54) is 0 Å². The summed E-state index contributed by atoms with van der Waals surface area (Å²) in [5.74, 6) is 1.64. The number of unbranched alkanes of at least 4 members (excludes halogenated alkanes) is 2. The van der Waals surface area contributed by atoms with Crippen LogP contribution >= 0.6 is 0 Å². The van der Waals surface area contributed by atoms with Crippen molar-refractivity contribution in [2.75, 3.05) is 0 Å². The fourth-order valence-corrected chi connectivity index (χ4v) is 1.59. The highest BCUT2D eigenvalue weighted by Crippen LogP contribution is 2.33. The predicted octanol–water partition coefficient (Wildman–Crippen LogP) is 2.64. The van der Waals surface area contributed by atoms with E-state index in [0.717, 1.165) is 30.7 Å². The Hall–Kier alpha value is -1.63. The fourth-order valence-electron chi connectivity index (χ4n) is 1.59. The van der Waals surface area contributed by atoms with Gasteiger partial charge in [0.15, 0.2) is 0 Å². The first-order valence-corrected chi connectivity index (χ1v) is 5.19. The molecule has 1 aliphatic rings. The van der Waals surface area contributed by atoms with Gasteiger partial charge in [-0.25, -0.2) is 0 Å². The summed E-state index contributed by atoms with van der Waals surface area (Å²) in [6.45, 7) is 0. The van der Waals surface area contributed by atoms with Gasteiger partial charge in [-0.2, -0.15) is 5.26 Å². The number of nitriles is 1. The van der Waals surface area contributed by atoms with Crippen LogP contribution in [0.4, 0.5) is 0 Å². The minimum Gasteiger partial charge on any atom is -0.523 e. The fraction of sp³-hybridized carbons (Fsp3) is 0.364. The second-order valence-electron chi connectivity index (χ2n) is 3.52. The summed E-state index contributed by atoms with van der Waals surface area (Å²) in [6, 6.07) is 9.80. The van der Waals surface area contributed by atoms with Crippen LogP contribution in [-0.2, 0) is 0 Å². The largest absolute Gasteiger partial charge is 0.594 e. The van der Waals surface area contributed by atoms with Crippen LogP contribution in [0, 0.1) is 11.3 Å². The second-order valence-corrected chi connectivity index (χ2v) is 3.52. The highest BCUT2D eigenvalue weighted by Gasteiger charge is 2.30. The molecule has 76 valence electrons. The highest BCUT2D eigenvalue weighted by molar-refractivity contribution is 6.47. The molecule has 0 radical (unpaired) electrons. The standard InChI is InChI=1S/C11H12BNO2/c13-9-5-1-4-8-12-14-10-6-2-3-7-11(10)15-12/h2-3,6-7H,1,4-5,8H2. The molecule has 0 aliphatic carbocycles. The van der Waals surface area contributed by atoms with Gasteiger partial charge in [0.25, 0.3) is 0 Å². The Balaban J connectivity index is 1.79. The Morgan fingerprint density at radius 2 is 1.80 bits per heavy atom. The molecule has 1 aromatic rings. The molecule has 0 bridgehead atoms. The van der Waals surface area contributed by atoms with Gasteiger partial charge < -0.3 is 9.31 Å². The summed E-state index contributed by atoms with van der Waals surface area (Å²) in [6.07, 6.45) is 3.33. The van der Waals surface area contributed by atoms with Crippen molar-refractivity contribution in [3.05, 3.63) is 24.3 Å². The number of hydrogen-bond donors (Lipinski definition) is 0. The van der Waals surface area contributed by atoms with Gasteiger partial charge in [-0.1, -0.05) is 18.6 Å². The van der Waals surface area contributed by atoms with Gasteiger partial charge in [0.05, 0.1) is 6.07 Å². The molecule has 3 nitrogen and oxygen atoms in total. The number of fused-ring (bicyclic) bond motifs is 1. The van der Waals surface area contributed by atoms with Crippen LogP contribution in [0.3, 0.4) is 0 Å². The third-order valence-corrected chi connectivity index (χ3v) is 2.34. The molecule has 0 aromatic heterocycles. The maximum Gasteiger partial charge on any atom is 0.594 e. The summed E-state index contributed by atoms with van der Waals surface area (Å²) in [5, 5.41) is 8.39. The van der Waals surface area contributed by atoms with Crippen LogP contribution in [0.2, 0.25) is 6.32 Å². The Labute approximate surface area is 89.8 Å². The van der Waals surface area contributed by atoms with Crippen LogP contribution in [0.15, 0.2) is 24.3 Å². The van der Waals surface area contributed by atoms with Crippen molar-refractivity contribution >= 4 is 7.12 Å². The van der Waals surface area contributed by atoms with Crippen LogP contribution in [0.25, 0.3) is 0 Å². The van der Waals surface area contributed by atoms with E-state index in [2.05, 4.69) is 6.07 Å². The van der Waals surface area contributed by atoms with Gasteiger partial charge in [-0.3, -0.25) is 0 Å². The number of hydrogen-bond acceptors (Lipinski definition) is 3. The zero-order valence-electron chi connectivity index (χ0n) is 8.48. The lowest BCUT2D eigenvalue weighted by atomic mass is 9.82. The average molecular weight is 201 g/mol. The average Bonchev–Trinajstić information content (AvgIpc) is 2.67. The molecule has 0 unspecified atom stereocenters. The minimum atomic E-state index is -0.166. The van der Waals surface area contributed by atoms with Crippen molar-refractivity contribution in [2.45, 2.75) is 25.6 Å². The normalized spacial score (nSPS) is 12.6. The van der Waals surface area contributed by atoms with Gasteiger partial charge in [-0.15, -0.1) is 0 Å². The van der Waals surface area contributed by atoms with E-state index in [9.17, 15) is 0 Å². The number of nitrogens with zero attached hydrogens (tertiary/aromatic N) is 1. The monoisotopic (exact) mass is 201 g/mol. The van der Waals surface area contributed by atoms with Gasteiger partial charge >= 0.3 is 7.12 Å². The maximum absolute atomic E-state index is 8.39. The topological polar surface area (TPSA) is 42.2 Å². The number of para-hydroxylation sites is 2. The summed E-state index contributed by atoms with van der Waals surface area (Å²) in [7, 11) is -0.166. The molecule has 0 saturated carbocycles. The van der Waals surface area contributed by atoms with Crippen molar-refractivity contribution in [2.24, 2.45) is 0 Å². The van der Waals surface area contributed by atoms with E-state index in [4.69, 9.17) is 14.6 Å². The molecule has 0 atom stereocenters. The van der Waals surface area contributed by atoms with E-state index in [1.54, 1.807) is 0 Å². The van der Waals surface area contributed by atoms with Crippen LogP contribution < -0.4 is 9.31 Å². The van der Waals surface area contributed by atoms with E-state index < -0.39 is 0 Å². The molecular weight excluding hydrogens is 189 g/mol. The molecule has 0 fully saturated rings. The first-order chi connectivity index (χ1) is 7.40. The second kappa shape index (κ2) is 4.74. The lowest BCUT2D eigenvalue weighted by Gasteiger charge is -2.02. The number of benzene rings is 1. The molecule has 0 spiro atoms. The van der Waals surface area contributed by atoms with Gasteiger partial charge in [-0.05, 0) is 18.6 Å². The molecule has 0 amide bonds. The number of rotatable bonds is 4. The molecule has 1 heterocycles. The Bertz CT molecular complexity index is 350. The predicted molar refractivity (Wildman–Crippen MR) is 57.7 cm³/mol. The quantitative estimate of drug-likeness (QED) is 0.555. The Morgan fingerprint density at radius 3 is 2.40 bits per heavy atom. The molecule has 0 saturated heterocycles. The first kappa shape index (κ1) is 9.91. The molecule has 15 heavy (non-hydrogen) atoms. The van der Waals surface area contributed by atoms with Gasteiger partial charge in [0, 0.05) is 12.7 Å². The lowest BCUT2D eigenvalue weighted by molar-refractivity contribution is 0.491. The lowest BCUT2D eigenvalue weighted by Crippen LogP contribution is -2.23. The van der Waals surface area contributed by atoms with E-state index in [1.807, 2.05) is 24.3 Å². The molecule has 0 N–H and O–H groups in total. The van der Waals surface area contributed by atoms with Crippen molar-refractivity contribution in [3.8, 4) is 17.6 Å². The molecule has 2 rings (SSSR count). The maximum atomic E-state index is 8.39. The summed E-state index contributed by atoms with van der Waals surface area (Å²) < 4.78 is 11.2. The SMILES string of the molecule is N#CCCCCB1Oc2ccccc2O1. The molecule has 1 aliphatic heterocycles. The molecule has 4 heteroatoms. The van der Waals surface area contributed by atoms with Crippen molar-refractivity contribution in [3.63, 3.8) is 0 Å². The van der Waals surface area contributed by atoms with Crippen molar-refractivity contribution in [1.82, 2.24) is 0 Å². The zero-order valence-corrected chi connectivity index (χ0v) is 8.48. The summed E-state index contributed by atoms with van der Waals surface area (Å²) in [4.78, 5) is 0. The Morgan fingerprint density at radius 1 is 1.13 bits per heavy atom.